The molecule has 0 aliphatic carbocycles. The molecular formula is C10H14N4OS. The molecule has 5 nitrogen and oxygen atoms in total. The van der Waals surface area contributed by atoms with Gasteiger partial charge < -0.3 is 16.4 Å². The Morgan fingerprint density at radius 1 is 1.44 bits per heavy atom. The van der Waals surface area contributed by atoms with Gasteiger partial charge in [0.2, 0.25) is 5.91 Å². The standard InChI is InChI=1S/C10H14N4OS/c11-7-2-13-3-8(12)10(7)14-4-6(5-16)1-9(14)15/h2-3,6,16H,1,4-5,11-12H2. The fraction of sp³-hybridized carbons (Fsp3) is 0.400. The van der Waals surface area contributed by atoms with Crippen molar-refractivity contribution in [3.05, 3.63) is 12.4 Å². The number of nitrogens with two attached hydrogens (primary N) is 2. The summed E-state index contributed by atoms with van der Waals surface area (Å²) < 4.78 is 0. The Morgan fingerprint density at radius 2 is 2.06 bits per heavy atom. The Kier molecular flexibility index (Phi) is 2.91. The van der Waals surface area contributed by atoms with Crippen LogP contribution in [0.15, 0.2) is 12.4 Å². The largest absolute Gasteiger partial charge is 0.396 e. The number of thiol groups is 1. The molecule has 1 aliphatic heterocycles. The smallest absolute Gasteiger partial charge is 0.227 e. The fourth-order valence-electron chi connectivity index (χ4n) is 1.92. The molecule has 6 heteroatoms. The molecule has 1 fully saturated rings. The summed E-state index contributed by atoms with van der Waals surface area (Å²) in [5.41, 5.74) is 13.1. The zero-order valence-corrected chi connectivity index (χ0v) is 9.65. The first-order valence-electron chi connectivity index (χ1n) is 5.03. The lowest BCUT2D eigenvalue weighted by atomic mass is 10.1. The predicted octanol–water partition coefficient (Wildman–Crippen LogP) is 0.529. The number of nitrogens with zero attached hydrogens (tertiary/aromatic N) is 2. The Bertz CT molecular complexity index is 403. The van der Waals surface area contributed by atoms with Crippen molar-refractivity contribution >= 4 is 35.6 Å². The molecule has 1 aliphatic rings. The lowest BCUT2D eigenvalue weighted by Crippen LogP contribution is -2.26. The van der Waals surface area contributed by atoms with Gasteiger partial charge in [-0.15, -0.1) is 0 Å². The fourth-order valence-corrected chi connectivity index (χ4v) is 2.16. The summed E-state index contributed by atoms with van der Waals surface area (Å²) in [6, 6.07) is 0. The second kappa shape index (κ2) is 4.21. The first kappa shape index (κ1) is 11.1. The predicted molar refractivity (Wildman–Crippen MR) is 67.4 cm³/mol. The number of amides is 1. The maximum atomic E-state index is 11.8. The first-order valence-corrected chi connectivity index (χ1v) is 5.67. The van der Waals surface area contributed by atoms with Crippen molar-refractivity contribution in [3.8, 4) is 0 Å². The summed E-state index contributed by atoms with van der Waals surface area (Å²) >= 11 is 4.21. The van der Waals surface area contributed by atoms with E-state index in [2.05, 4.69) is 17.6 Å². The highest BCUT2D eigenvalue weighted by molar-refractivity contribution is 7.80. The summed E-state index contributed by atoms with van der Waals surface area (Å²) in [5, 5.41) is 0. The van der Waals surface area contributed by atoms with Gasteiger partial charge in [0.05, 0.1) is 29.5 Å². The average Bonchev–Trinajstić information content (AvgIpc) is 2.60. The van der Waals surface area contributed by atoms with Crippen LogP contribution in [0.25, 0.3) is 0 Å². The van der Waals surface area contributed by atoms with Crippen molar-refractivity contribution in [1.29, 1.82) is 0 Å². The lowest BCUT2D eigenvalue weighted by Gasteiger charge is -2.20. The second-order valence-electron chi connectivity index (χ2n) is 3.92. The van der Waals surface area contributed by atoms with Crippen LogP contribution < -0.4 is 16.4 Å². The Labute approximate surface area is 99.2 Å². The molecule has 86 valence electrons. The molecule has 4 N–H and O–H groups in total. The van der Waals surface area contributed by atoms with E-state index < -0.39 is 0 Å². The van der Waals surface area contributed by atoms with Gasteiger partial charge in [0, 0.05) is 13.0 Å². The van der Waals surface area contributed by atoms with Gasteiger partial charge in [-0.1, -0.05) is 0 Å². The molecule has 0 radical (unpaired) electrons. The topological polar surface area (TPSA) is 85.2 Å². The summed E-state index contributed by atoms with van der Waals surface area (Å²) in [4.78, 5) is 17.3. The summed E-state index contributed by atoms with van der Waals surface area (Å²) in [5.74, 6) is 0.999. The third kappa shape index (κ3) is 1.80. The van der Waals surface area contributed by atoms with Crippen LogP contribution in [0.1, 0.15) is 6.42 Å². The van der Waals surface area contributed by atoms with Gasteiger partial charge in [0.25, 0.3) is 0 Å². The van der Waals surface area contributed by atoms with Crippen LogP contribution in [0.4, 0.5) is 17.1 Å². The molecule has 1 aromatic heterocycles. The molecule has 2 heterocycles. The maximum absolute atomic E-state index is 11.8. The normalized spacial score (nSPS) is 20.4. The minimum atomic E-state index is 0.0450. The van der Waals surface area contributed by atoms with E-state index in [-0.39, 0.29) is 11.8 Å². The number of rotatable bonds is 2. The number of pyridine rings is 1. The molecule has 1 amide bonds. The van der Waals surface area contributed by atoms with Gasteiger partial charge in [-0.25, -0.2) is 0 Å². The van der Waals surface area contributed by atoms with Crippen LogP contribution in [-0.4, -0.2) is 23.2 Å². The Morgan fingerprint density at radius 3 is 2.56 bits per heavy atom. The molecule has 0 spiro atoms. The number of nitrogen functional groups attached to an aromatic ring is 2. The second-order valence-corrected chi connectivity index (χ2v) is 4.29. The zero-order chi connectivity index (χ0) is 11.7. The maximum Gasteiger partial charge on any atom is 0.227 e. The molecule has 0 saturated carbocycles. The Balaban J connectivity index is 2.35. The third-order valence-corrected chi connectivity index (χ3v) is 3.22. The monoisotopic (exact) mass is 238 g/mol. The van der Waals surface area contributed by atoms with Crippen molar-refractivity contribution < 1.29 is 4.79 Å². The van der Waals surface area contributed by atoms with E-state index >= 15 is 0 Å². The molecule has 2 rings (SSSR count). The van der Waals surface area contributed by atoms with E-state index in [0.29, 0.717) is 35.8 Å². The van der Waals surface area contributed by atoms with Gasteiger partial charge in [0.15, 0.2) is 0 Å². The SMILES string of the molecule is Nc1cncc(N)c1N1CC(CS)CC1=O. The molecule has 16 heavy (non-hydrogen) atoms. The molecular weight excluding hydrogens is 224 g/mol. The number of anilines is 3. The third-order valence-electron chi connectivity index (χ3n) is 2.71. The van der Waals surface area contributed by atoms with Gasteiger partial charge >= 0.3 is 0 Å². The molecule has 1 atom stereocenters. The number of hydrogen-bond donors (Lipinski definition) is 3. The average molecular weight is 238 g/mol. The minimum absolute atomic E-state index is 0.0450. The molecule has 0 bridgehead atoms. The van der Waals surface area contributed by atoms with Crippen LogP contribution in [0.3, 0.4) is 0 Å². The van der Waals surface area contributed by atoms with Crippen molar-refractivity contribution in [2.24, 2.45) is 5.92 Å². The number of carbonyl (C=O) groups excluding carboxylic acids is 1. The highest BCUT2D eigenvalue weighted by Crippen LogP contribution is 2.33. The van der Waals surface area contributed by atoms with Crippen molar-refractivity contribution in [3.63, 3.8) is 0 Å². The van der Waals surface area contributed by atoms with E-state index in [1.165, 1.54) is 12.4 Å². The van der Waals surface area contributed by atoms with E-state index in [0.717, 1.165) is 0 Å². The molecule has 1 unspecified atom stereocenters. The first-order chi connectivity index (χ1) is 7.63. The van der Waals surface area contributed by atoms with Crippen LogP contribution in [0, 0.1) is 5.92 Å². The molecule has 1 saturated heterocycles. The van der Waals surface area contributed by atoms with Crippen molar-refractivity contribution in [2.45, 2.75) is 6.42 Å². The van der Waals surface area contributed by atoms with Crippen LogP contribution in [-0.2, 0) is 4.79 Å². The zero-order valence-electron chi connectivity index (χ0n) is 8.76. The highest BCUT2D eigenvalue weighted by atomic mass is 32.1. The summed E-state index contributed by atoms with van der Waals surface area (Å²) in [6.45, 7) is 0.626. The highest BCUT2D eigenvalue weighted by Gasteiger charge is 2.31. The number of carbonyl (C=O) groups is 1. The Hall–Kier alpha value is -1.43. The van der Waals surface area contributed by atoms with E-state index in [1.807, 2.05) is 0 Å². The summed E-state index contributed by atoms with van der Waals surface area (Å²) in [6.07, 6.45) is 3.52. The van der Waals surface area contributed by atoms with E-state index in [9.17, 15) is 4.79 Å². The van der Waals surface area contributed by atoms with E-state index in [1.54, 1.807) is 4.90 Å². The van der Waals surface area contributed by atoms with E-state index in [4.69, 9.17) is 11.5 Å². The number of hydrogen-bond acceptors (Lipinski definition) is 5. The van der Waals surface area contributed by atoms with Gasteiger partial charge in [-0.2, -0.15) is 12.6 Å². The number of aromatic nitrogens is 1. The summed E-state index contributed by atoms with van der Waals surface area (Å²) in [7, 11) is 0. The lowest BCUT2D eigenvalue weighted by molar-refractivity contribution is -0.117. The van der Waals surface area contributed by atoms with Crippen LogP contribution >= 0.6 is 12.6 Å². The minimum Gasteiger partial charge on any atom is -0.396 e. The van der Waals surface area contributed by atoms with Gasteiger partial charge in [-0.3, -0.25) is 9.78 Å². The van der Waals surface area contributed by atoms with Crippen LogP contribution in [0.2, 0.25) is 0 Å². The van der Waals surface area contributed by atoms with Crippen molar-refractivity contribution in [2.75, 3.05) is 28.7 Å². The molecule has 1 aromatic rings. The van der Waals surface area contributed by atoms with Gasteiger partial charge in [0.1, 0.15) is 0 Å². The van der Waals surface area contributed by atoms with Crippen molar-refractivity contribution in [1.82, 2.24) is 4.98 Å². The molecule has 0 aromatic carbocycles. The quantitative estimate of drug-likeness (QED) is 0.656. The van der Waals surface area contributed by atoms with Gasteiger partial charge in [-0.05, 0) is 11.7 Å². The van der Waals surface area contributed by atoms with Crippen LogP contribution in [0.5, 0.6) is 0 Å².